The molecule has 1 nitrogen and oxygen atoms in total. The molecule has 1 aromatic rings. The lowest BCUT2D eigenvalue weighted by atomic mass is 10.0. The minimum Gasteiger partial charge on any atom is -0.305 e. The molecule has 0 N–H and O–H groups in total. The quantitative estimate of drug-likeness (QED) is 0.753. The zero-order valence-electron chi connectivity index (χ0n) is 10.1. The molecule has 0 bridgehead atoms. The van der Waals surface area contributed by atoms with Gasteiger partial charge in [-0.25, -0.2) is 0 Å². The summed E-state index contributed by atoms with van der Waals surface area (Å²) in [6.07, 6.45) is 2.85. The maximum Gasteiger partial charge on any atom is 0.0408 e. The summed E-state index contributed by atoms with van der Waals surface area (Å²) >= 11 is 6.01. The Morgan fingerprint density at radius 1 is 1.44 bits per heavy atom. The monoisotopic (exact) mass is 237 g/mol. The fourth-order valence-corrected chi connectivity index (χ4v) is 2.40. The normalized spacial score (nSPS) is 17.8. The van der Waals surface area contributed by atoms with Crippen molar-refractivity contribution in [2.75, 3.05) is 20.1 Å². The highest BCUT2D eigenvalue weighted by molar-refractivity contribution is 6.30. The van der Waals surface area contributed by atoms with Crippen LogP contribution in [0, 0.1) is 5.92 Å². The molecule has 1 aliphatic carbocycles. The number of hydrogen-bond donors (Lipinski definition) is 0. The first-order chi connectivity index (χ1) is 7.65. The number of halogens is 1. The second-order valence-electron chi connectivity index (χ2n) is 5.12. The number of likely N-dealkylation sites (N-methyl/N-ethyl adjacent to an activating group) is 1. The summed E-state index contributed by atoms with van der Waals surface area (Å²) in [5.74, 6) is 1.53. The van der Waals surface area contributed by atoms with Crippen LogP contribution in [0.1, 0.15) is 31.2 Å². The molecule has 1 fully saturated rings. The van der Waals surface area contributed by atoms with Crippen LogP contribution in [0.3, 0.4) is 0 Å². The number of rotatable bonds is 5. The van der Waals surface area contributed by atoms with Crippen molar-refractivity contribution in [3.05, 3.63) is 34.9 Å². The molecule has 1 saturated carbocycles. The van der Waals surface area contributed by atoms with Gasteiger partial charge in [0.25, 0.3) is 0 Å². The highest BCUT2D eigenvalue weighted by Gasteiger charge is 2.23. The van der Waals surface area contributed by atoms with E-state index < -0.39 is 0 Å². The average Bonchev–Trinajstić information content (AvgIpc) is 3.01. The smallest absolute Gasteiger partial charge is 0.0408 e. The number of benzene rings is 1. The van der Waals surface area contributed by atoms with Crippen molar-refractivity contribution in [2.45, 2.75) is 25.7 Å². The van der Waals surface area contributed by atoms with Gasteiger partial charge >= 0.3 is 0 Å². The van der Waals surface area contributed by atoms with Gasteiger partial charge in [-0.3, -0.25) is 0 Å². The summed E-state index contributed by atoms with van der Waals surface area (Å²) in [7, 11) is 2.22. The van der Waals surface area contributed by atoms with Gasteiger partial charge in [0.1, 0.15) is 0 Å². The van der Waals surface area contributed by atoms with Crippen molar-refractivity contribution >= 4 is 11.6 Å². The Kier molecular flexibility index (Phi) is 3.88. The van der Waals surface area contributed by atoms with Crippen LogP contribution in [0.5, 0.6) is 0 Å². The van der Waals surface area contributed by atoms with Gasteiger partial charge in [-0.15, -0.1) is 0 Å². The van der Waals surface area contributed by atoms with Crippen molar-refractivity contribution in [3.63, 3.8) is 0 Å². The van der Waals surface area contributed by atoms with Gasteiger partial charge in [-0.1, -0.05) is 30.7 Å². The molecule has 0 heterocycles. The van der Waals surface area contributed by atoms with E-state index in [0.29, 0.717) is 5.92 Å². The third-order valence-corrected chi connectivity index (χ3v) is 3.51. The van der Waals surface area contributed by atoms with E-state index in [4.69, 9.17) is 11.6 Å². The first-order valence-electron chi connectivity index (χ1n) is 6.09. The van der Waals surface area contributed by atoms with Gasteiger partial charge in [0.15, 0.2) is 0 Å². The largest absolute Gasteiger partial charge is 0.305 e. The molecule has 1 aromatic carbocycles. The molecule has 0 radical (unpaired) electrons. The molecular formula is C14H20ClN. The lowest BCUT2D eigenvalue weighted by Gasteiger charge is -2.21. The van der Waals surface area contributed by atoms with Crippen LogP contribution in [-0.2, 0) is 0 Å². The fraction of sp³-hybridized carbons (Fsp3) is 0.571. The van der Waals surface area contributed by atoms with Crippen LogP contribution in [0.2, 0.25) is 5.02 Å². The molecule has 0 aromatic heterocycles. The number of nitrogens with zero attached hydrogens (tertiary/aromatic N) is 1. The summed E-state index contributed by atoms with van der Waals surface area (Å²) in [5, 5.41) is 0.842. The van der Waals surface area contributed by atoms with Gasteiger partial charge in [0.05, 0.1) is 0 Å². The summed E-state index contributed by atoms with van der Waals surface area (Å²) in [6.45, 7) is 4.65. The second kappa shape index (κ2) is 5.20. The molecule has 2 heteroatoms. The summed E-state index contributed by atoms with van der Waals surface area (Å²) in [6, 6.07) is 8.22. The van der Waals surface area contributed by atoms with Gasteiger partial charge in [0.2, 0.25) is 0 Å². The topological polar surface area (TPSA) is 3.24 Å². The standard InChI is InChI=1S/C14H20ClN/c1-11(9-16(2)10-12-6-7-12)13-4-3-5-14(15)8-13/h3-5,8,11-12H,6-7,9-10H2,1-2H3. The zero-order valence-corrected chi connectivity index (χ0v) is 10.9. The predicted molar refractivity (Wildman–Crippen MR) is 70.1 cm³/mol. The Bertz CT molecular complexity index is 346. The van der Waals surface area contributed by atoms with Gasteiger partial charge in [0, 0.05) is 18.1 Å². The Balaban J connectivity index is 1.88. The molecule has 1 aliphatic rings. The first kappa shape index (κ1) is 11.9. The molecule has 2 rings (SSSR count). The van der Waals surface area contributed by atoms with E-state index in [0.717, 1.165) is 17.5 Å². The molecule has 0 saturated heterocycles. The number of hydrogen-bond acceptors (Lipinski definition) is 1. The molecule has 1 unspecified atom stereocenters. The Morgan fingerprint density at radius 2 is 2.19 bits per heavy atom. The van der Waals surface area contributed by atoms with Gasteiger partial charge in [-0.2, -0.15) is 0 Å². The van der Waals surface area contributed by atoms with E-state index in [-0.39, 0.29) is 0 Å². The highest BCUT2D eigenvalue weighted by Crippen LogP contribution is 2.30. The maximum atomic E-state index is 6.01. The third kappa shape index (κ3) is 3.50. The van der Waals surface area contributed by atoms with E-state index in [9.17, 15) is 0 Å². The Hall–Kier alpha value is -0.530. The van der Waals surface area contributed by atoms with E-state index in [1.807, 2.05) is 12.1 Å². The Morgan fingerprint density at radius 3 is 2.81 bits per heavy atom. The third-order valence-electron chi connectivity index (χ3n) is 3.27. The van der Waals surface area contributed by atoms with Crippen molar-refractivity contribution in [2.24, 2.45) is 5.92 Å². The molecule has 0 aliphatic heterocycles. The molecule has 88 valence electrons. The SMILES string of the molecule is CC(CN(C)CC1CC1)c1cccc(Cl)c1. The zero-order chi connectivity index (χ0) is 11.5. The Labute approximate surface area is 103 Å². The highest BCUT2D eigenvalue weighted by atomic mass is 35.5. The average molecular weight is 238 g/mol. The van der Waals surface area contributed by atoms with Crippen LogP contribution in [-0.4, -0.2) is 25.0 Å². The van der Waals surface area contributed by atoms with E-state index in [2.05, 4.69) is 31.0 Å². The van der Waals surface area contributed by atoms with Crippen molar-refractivity contribution in [1.29, 1.82) is 0 Å². The summed E-state index contributed by atoms with van der Waals surface area (Å²) in [5.41, 5.74) is 1.34. The van der Waals surface area contributed by atoms with Gasteiger partial charge in [-0.05, 0) is 49.4 Å². The van der Waals surface area contributed by atoms with Crippen LogP contribution in [0.15, 0.2) is 24.3 Å². The van der Waals surface area contributed by atoms with Crippen molar-refractivity contribution < 1.29 is 0 Å². The molecule has 0 spiro atoms. The van der Waals surface area contributed by atoms with Crippen molar-refractivity contribution in [3.8, 4) is 0 Å². The predicted octanol–water partition coefficient (Wildman–Crippen LogP) is 3.79. The molecule has 16 heavy (non-hydrogen) atoms. The van der Waals surface area contributed by atoms with Crippen molar-refractivity contribution in [1.82, 2.24) is 4.90 Å². The maximum absolute atomic E-state index is 6.01. The van der Waals surface area contributed by atoms with Crippen LogP contribution < -0.4 is 0 Å². The van der Waals surface area contributed by atoms with Crippen LogP contribution in [0.4, 0.5) is 0 Å². The molecular weight excluding hydrogens is 218 g/mol. The lowest BCUT2D eigenvalue weighted by molar-refractivity contribution is 0.304. The first-order valence-corrected chi connectivity index (χ1v) is 6.47. The minimum absolute atomic E-state index is 0.558. The second-order valence-corrected chi connectivity index (χ2v) is 5.56. The summed E-state index contributed by atoms with van der Waals surface area (Å²) in [4.78, 5) is 2.45. The summed E-state index contributed by atoms with van der Waals surface area (Å²) < 4.78 is 0. The van der Waals surface area contributed by atoms with Crippen LogP contribution >= 0.6 is 11.6 Å². The van der Waals surface area contributed by atoms with Gasteiger partial charge < -0.3 is 4.90 Å². The molecule has 0 amide bonds. The lowest BCUT2D eigenvalue weighted by Crippen LogP contribution is -2.25. The van der Waals surface area contributed by atoms with E-state index in [1.54, 1.807) is 0 Å². The minimum atomic E-state index is 0.558. The van der Waals surface area contributed by atoms with E-state index >= 15 is 0 Å². The molecule has 1 atom stereocenters. The van der Waals surface area contributed by atoms with Crippen LogP contribution in [0.25, 0.3) is 0 Å². The fourth-order valence-electron chi connectivity index (χ4n) is 2.20. The van der Waals surface area contributed by atoms with E-state index in [1.165, 1.54) is 24.9 Å².